The van der Waals surface area contributed by atoms with Crippen LogP contribution in [0.25, 0.3) is 5.69 Å². The van der Waals surface area contributed by atoms with E-state index in [-0.39, 0.29) is 0 Å². The molecule has 1 aliphatic heterocycles. The molecule has 0 saturated carbocycles. The minimum Gasteiger partial charge on any atom is -0.497 e. The van der Waals surface area contributed by atoms with Gasteiger partial charge < -0.3 is 23.8 Å². The van der Waals surface area contributed by atoms with Gasteiger partial charge in [0, 0.05) is 63.1 Å². The SMILES string of the molecule is COc1cccc(CN(Cc2ccc(-n3cccn3)cc2)c2ccnc(OCCOCCN3CCOCC3)c2)c1. The summed E-state index contributed by atoms with van der Waals surface area (Å²) >= 11 is 0. The van der Waals surface area contributed by atoms with Gasteiger partial charge in [0.1, 0.15) is 12.4 Å². The van der Waals surface area contributed by atoms with Crippen LogP contribution in [0.2, 0.25) is 0 Å². The van der Waals surface area contributed by atoms with Gasteiger partial charge in [-0.25, -0.2) is 9.67 Å². The predicted octanol–water partition coefficient (Wildman–Crippen LogP) is 4.21. The maximum absolute atomic E-state index is 5.96. The third-order valence-electron chi connectivity index (χ3n) is 6.80. The van der Waals surface area contributed by atoms with E-state index in [1.54, 1.807) is 19.5 Å². The van der Waals surface area contributed by atoms with Crippen molar-refractivity contribution < 1.29 is 18.9 Å². The Balaban J connectivity index is 1.22. The maximum Gasteiger partial charge on any atom is 0.215 e. The molecule has 1 saturated heterocycles. The number of benzene rings is 2. The number of aromatic nitrogens is 3. The van der Waals surface area contributed by atoms with E-state index in [0.29, 0.717) is 38.8 Å². The zero-order chi connectivity index (χ0) is 27.4. The summed E-state index contributed by atoms with van der Waals surface area (Å²) in [5, 5.41) is 4.33. The van der Waals surface area contributed by atoms with Gasteiger partial charge in [0.25, 0.3) is 0 Å². The van der Waals surface area contributed by atoms with E-state index < -0.39 is 0 Å². The quantitative estimate of drug-likeness (QED) is 0.219. The highest BCUT2D eigenvalue weighted by Gasteiger charge is 2.12. The van der Waals surface area contributed by atoms with E-state index in [1.165, 1.54) is 5.56 Å². The van der Waals surface area contributed by atoms with Crippen molar-refractivity contribution in [2.45, 2.75) is 13.1 Å². The average Bonchev–Trinajstić information content (AvgIpc) is 3.55. The Hall–Kier alpha value is -3.92. The molecule has 0 radical (unpaired) electrons. The molecule has 1 aliphatic rings. The lowest BCUT2D eigenvalue weighted by atomic mass is 10.1. The number of ether oxygens (including phenoxy) is 4. The zero-order valence-corrected chi connectivity index (χ0v) is 23.0. The molecule has 9 nitrogen and oxygen atoms in total. The first kappa shape index (κ1) is 27.6. The molecule has 2 aromatic heterocycles. The minimum absolute atomic E-state index is 0.449. The second-order valence-electron chi connectivity index (χ2n) is 9.59. The van der Waals surface area contributed by atoms with E-state index in [9.17, 15) is 0 Å². The third-order valence-corrected chi connectivity index (χ3v) is 6.80. The number of morpholine rings is 1. The van der Waals surface area contributed by atoms with Crippen molar-refractivity contribution in [3.63, 3.8) is 0 Å². The Kier molecular flexibility index (Phi) is 9.99. The Labute approximate surface area is 235 Å². The van der Waals surface area contributed by atoms with Crippen LogP contribution in [0.5, 0.6) is 11.6 Å². The Morgan fingerprint density at radius 1 is 0.875 bits per heavy atom. The molecule has 1 fully saturated rings. The number of pyridine rings is 1. The molecule has 0 aliphatic carbocycles. The zero-order valence-electron chi connectivity index (χ0n) is 23.0. The highest BCUT2D eigenvalue weighted by Crippen LogP contribution is 2.25. The monoisotopic (exact) mass is 543 g/mol. The van der Waals surface area contributed by atoms with Gasteiger partial charge in [0.05, 0.1) is 39.2 Å². The Bertz CT molecular complexity index is 1290. The molecule has 2 aromatic carbocycles. The van der Waals surface area contributed by atoms with Crippen molar-refractivity contribution >= 4 is 5.69 Å². The van der Waals surface area contributed by atoms with Crippen LogP contribution in [-0.4, -0.2) is 79.4 Å². The van der Waals surface area contributed by atoms with Gasteiger partial charge in [-0.2, -0.15) is 5.10 Å². The second-order valence-corrected chi connectivity index (χ2v) is 9.59. The van der Waals surface area contributed by atoms with Gasteiger partial charge in [-0.05, 0) is 47.5 Å². The first-order chi connectivity index (χ1) is 19.8. The number of rotatable bonds is 14. The Morgan fingerprint density at radius 2 is 1.73 bits per heavy atom. The van der Waals surface area contributed by atoms with Crippen LogP contribution >= 0.6 is 0 Å². The predicted molar refractivity (Wildman–Crippen MR) is 154 cm³/mol. The van der Waals surface area contributed by atoms with E-state index >= 15 is 0 Å². The van der Waals surface area contributed by atoms with Crippen LogP contribution in [0.4, 0.5) is 5.69 Å². The summed E-state index contributed by atoms with van der Waals surface area (Å²) in [7, 11) is 1.69. The number of hydrogen-bond donors (Lipinski definition) is 0. The first-order valence-corrected chi connectivity index (χ1v) is 13.7. The van der Waals surface area contributed by atoms with Gasteiger partial charge in [0.2, 0.25) is 5.88 Å². The normalized spacial score (nSPS) is 13.7. The molecule has 3 heterocycles. The van der Waals surface area contributed by atoms with Crippen LogP contribution < -0.4 is 14.4 Å². The molecule has 0 bridgehead atoms. The lowest BCUT2D eigenvalue weighted by molar-refractivity contribution is 0.0168. The van der Waals surface area contributed by atoms with Gasteiger partial charge in [0.15, 0.2) is 0 Å². The molecule has 9 heteroatoms. The van der Waals surface area contributed by atoms with Gasteiger partial charge in [-0.3, -0.25) is 4.90 Å². The topological polar surface area (TPSA) is 74.1 Å². The highest BCUT2D eigenvalue weighted by molar-refractivity contribution is 5.50. The molecule has 0 spiro atoms. The molecule has 5 rings (SSSR count). The molecule has 4 aromatic rings. The van der Waals surface area contributed by atoms with Crippen LogP contribution in [0.1, 0.15) is 11.1 Å². The molecule has 0 amide bonds. The fourth-order valence-corrected chi connectivity index (χ4v) is 4.63. The summed E-state index contributed by atoms with van der Waals surface area (Å²) in [5.41, 5.74) is 4.39. The first-order valence-electron chi connectivity index (χ1n) is 13.7. The van der Waals surface area contributed by atoms with Crippen LogP contribution in [0.15, 0.2) is 85.3 Å². The summed E-state index contributed by atoms with van der Waals surface area (Å²) in [5.74, 6) is 1.42. The molecular formula is C31H37N5O4. The Morgan fingerprint density at radius 3 is 2.52 bits per heavy atom. The molecule has 0 atom stereocenters. The summed E-state index contributed by atoms with van der Waals surface area (Å²) < 4.78 is 24.5. The van der Waals surface area contributed by atoms with Crippen molar-refractivity contribution in [2.24, 2.45) is 0 Å². The van der Waals surface area contributed by atoms with Crippen molar-refractivity contribution in [1.82, 2.24) is 19.7 Å². The number of anilines is 1. The summed E-state index contributed by atoms with van der Waals surface area (Å²) in [6.45, 7) is 7.53. The van der Waals surface area contributed by atoms with Gasteiger partial charge >= 0.3 is 0 Å². The largest absolute Gasteiger partial charge is 0.497 e. The van der Waals surface area contributed by atoms with E-state index in [1.807, 2.05) is 41.2 Å². The molecule has 0 unspecified atom stereocenters. The smallest absolute Gasteiger partial charge is 0.215 e. The standard InChI is InChI=1S/C31H37N5O4/c1-37-30-5-2-4-27(22-30)25-35(24-26-6-8-28(9-7-26)36-13-3-11-33-36)29-10-12-32-31(23-29)40-21-20-39-19-16-34-14-17-38-18-15-34/h2-13,22-23H,14-21,24-25H2,1H3. The summed E-state index contributed by atoms with van der Waals surface area (Å²) in [6, 6.07) is 22.6. The fourth-order valence-electron chi connectivity index (χ4n) is 4.63. The van der Waals surface area contributed by atoms with Crippen molar-refractivity contribution in [1.29, 1.82) is 0 Å². The third kappa shape index (κ3) is 8.05. The minimum atomic E-state index is 0.449. The molecule has 0 N–H and O–H groups in total. The van der Waals surface area contributed by atoms with E-state index in [2.05, 4.69) is 56.3 Å². The van der Waals surface area contributed by atoms with Gasteiger partial charge in [-0.15, -0.1) is 0 Å². The number of methoxy groups -OCH3 is 1. The van der Waals surface area contributed by atoms with Crippen molar-refractivity contribution in [3.05, 3.63) is 96.4 Å². The van der Waals surface area contributed by atoms with E-state index in [4.69, 9.17) is 18.9 Å². The van der Waals surface area contributed by atoms with Crippen molar-refractivity contribution in [2.75, 3.05) is 64.7 Å². The van der Waals surface area contributed by atoms with E-state index in [0.717, 1.165) is 55.5 Å². The summed E-state index contributed by atoms with van der Waals surface area (Å²) in [4.78, 5) is 9.11. The lowest BCUT2D eigenvalue weighted by Crippen LogP contribution is -2.38. The fraction of sp³-hybridized carbons (Fsp3) is 0.355. The molecular weight excluding hydrogens is 506 g/mol. The number of nitrogens with zero attached hydrogens (tertiary/aromatic N) is 5. The second kappa shape index (κ2) is 14.5. The number of hydrogen-bond acceptors (Lipinski definition) is 8. The van der Waals surface area contributed by atoms with Crippen LogP contribution in [0, 0.1) is 0 Å². The van der Waals surface area contributed by atoms with Crippen LogP contribution in [-0.2, 0) is 22.6 Å². The van der Waals surface area contributed by atoms with Gasteiger partial charge in [-0.1, -0.05) is 24.3 Å². The molecule has 210 valence electrons. The highest BCUT2D eigenvalue weighted by atomic mass is 16.5. The average molecular weight is 544 g/mol. The lowest BCUT2D eigenvalue weighted by Gasteiger charge is -2.26. The maximum atomic E-state index is 5.96. The summed E-state index contributed by atoms with van der Waals surface area (Å²) in [6.07, 6.45) is 5.52. The molecule has 40 heavy (non-hydrogen) atoms. The van der Waals surface area contributed by atoms with Crippen LogP contribution in [0.3, 0.4) is 0 Å². The van der Waals surface area contributed by atoms with Crippen molar-refractivity contribution in [3.8, 4) is 17.3 Å².